The molecule has 6 heteroatoms. The van der Waals surface area contributed by atoms with Crippen LogP contribution in [0.3, 0.4) is 0 Å². The number of benzene rings is 1. The molecule has 0 aliphatic heterocycles. The first-order valence-corrected chi connectivity index (χ1v) is 7.81. The molecule has 0 saturated carbocycles. The SMILES string of the molecule is CCOc1ccc(/C=C(\C#N)C(=O)OCC(=O)N[C@H](C)CC)cc1. The average molecular weight is 330 g/mol. The molecular weight excluding hydrogens is 308 g/mol. The average Bonchev–Trinajstić information content (AvgIpc) is 2.59. The summed E-state index contributed by atoms with van der Waals surface area (Å²) in [4.78, 5) is 23.5. The van der Waals surface area contributed by atoms with Crippen LogP contribution in [0.2, 0.25) is 0 Å². The van der Waals surface area contributed by atoms with Gasteiger partial charge in [0.15, 0.2) is 6.61 Å². The molecule has 0 radical (unpaired) electrons. The van der Waals surface area contributed by atoms with Gasteiger partial charge in [-0.3, -0.25) is 4.79 Å². The maximum absolute atomic E-state index is 11.9. The fourth-order valence-electron chi connectivity index (χ4n) is 1.76. The van der Waals surface area contributed by atoms with Gasteiger partial charge in [0.1, 0.15) is 17.4 Å². The molecule has 0 saturated heterocycles. The van der Waals surface area contributed by atoms with Crippen LogP contribution in [0.4, 0.5) is 0 Å². The van der Waals surface area contributed by atoms with E-state index in [9.17, 15) is 9.59 Å². The Balaban J connectivity index is 2.66. The van der Waals surface area contributed by atoms with Crippen LogP contribution in [-0.4, -0.2) is 31.1 Å². The van der Waals surface area contributed by atoms with E-state index in [0.717, 1.165) is 6.42 Å². The third kappa shape index (κ3) is 6.53. The number of carbonyl (C=O) groups is 2. The summed E-state index contributed by atoms with van der Waals surface area (Å²) < 4.78 is 10.2. The predicted molar refractivity (Wildman–Crippen MR) is 90.1 cm³/mol. The van der Waals surface area contributed by atoms with Gasteiger partial charge in [-0.05, 0) is 44.0 Å². The molecule has 0 unspecified atom stereocenters. The first-order valence-electron chi connectivity index (χ1n) is 7.81. The summed E-state index contributed by atoms with van der Waals surface area (Å²) in [6.07, 6.45) is 2.19. The second-order valence-electron chi connectivity index (χ2n) is 5.12. The molecule has 1 N–H and O–H groups in total. The lowest BCUT2D eigenvalue weighted by atomic mass is 10.1. The smallest absolute Gasteiger partial charge is 0.349 e. The van der Waals surface area contributed by atoms with E-state index in [0.29, 0.717) is 17.9 Å². The molecule has 1 rings (SSSR count). The lowest BCUT2D eigenvalue weighted by molar-refractivity contribution is -0.144. The Bertz CT molecular complexity index is 629. The van der Waals surface area contributed by atoms with Gasteiger partial charge in [-0.1, -0.05) is 19.1 Å². The number of amides is 1. The second kappa shape index (κ2) is 10.1. The van der Waals surface area contributed by atoms with Gasteiger partial charge in [0.25, 0.3) is 5.91 Å². The quantitative estimate of drug-likeness (QED) is 0.449. The number of rotatable bonds is 8. The number of nitrogens with one attached hydrogen (secondary N) is 1. The molecule has 0 fully saturated rings. The lowest BCUT2D eigenvalue weighted by Gasteiger charge is -2.11. The number of hydrogen-bond donors (Lipinski definition) is 1. The van der Waals surface area contributed by atoms with Gasteiger partial charge in [-0.25, -0.2) is 4.79 Å². The Hall–Kier alpha value is -2.81. The first-order chi connectivity index (χ1) is 11.5. The Kier molecular flexibility index (Phi) is 8.06. The van der Waals surface area contributed by atoms with Crippen molar-refractivity contribution >= 4 is 18.0 Å². The van der Waals surface area contributed by atoms with E-state index in [1.54, 1.807) is 30.3 Å². The minimum Gasteiger partial charge on any atom is -0.494 e. The molecule has 1 aromatic carbocycles. The lowest BCUT2D eigenvalue weighted by Crippen LogP contribution is -2.35. The van der Waals surface area contributed by atoms with E-state index < -0.39 is 18.5 Å². The van der Waals surface area contributed by atoms with Crippen molar-refractivity contribution in [1.82, 2.24) is 5.32 Å². The molecule has 0 heterocycles. The van der Waals surface area contributed by atoms with Crippen LogP contribution < -0.4 is 10.1 Å². The van der Waals surface area contributed by atoms with Crippen molar-refractivity contribution in [3.05, 3.63) is 35.4 Å². The zero-order valence-corrected chi connectivity index (χ0v) is 14.2. The van der Waals surface area contributed by atoms with Gasteiger partial charge >= 0.3 is 5.97 Å². The van der Waals surface area contributed by atoms with Crippen LogP contribution in [0.15, 0.2) is 29.8 Å². The number of hydrogen-bond acceptors (Lipinski definition) is 5. The van der Waals surface area contributed by atoms with Crippen molar-refractivity contribution in [1.29, 1.82) is 5.26 Å². The number of esters is 1. The van der Waals surface area contributed by atoms with Crippen LogP contribution in [0.1, 0.15) is 32.8 Å². The van der Waals surface area contributed by atoms with Gasteiger partial charge in [-0.15, -0.1) is 0 Å². The molecule has 0 spiro atoms. The summed E-state index contributed by atoms with van der Waals surface area (Å²) in [7, 11) is 0. The number of nitriles is 1. The Morgan fingerprint density at radius 3 is 2.50 bits per heavy atom. The standard InChI is InChI=1S/C18H22N2O4/c1-4-13(3)20-17(21)12-24-18(22)15(11-19)10-14-6-8-16(9-7-14)23-5-2/h6-10,13H,4-5,12H2,1-3H3,(H,20,21)/b15-10+/t13-/m1/s1. The summed E-state index contributed by atoms with van der Waals surface area (Å²) >= 11 is 0. The van der Waals surface area contributed by atoms with E-state index in [2.05, 4.69) is 5.32 Å². The summed E-state index contributed by atoms with van der Waals surface area (Å²) in [5.41, 5.74) is 0.492. The van der Waals surface area contributed by atoms with Gasteiger partial charge in [-0.2, -0.15) is 5.26 Å². The molecule has 1 aromatic rings. The molecular formula is C18H22N2O4. The van der Waals surface area contributed by atoms with Crippen molar-refractivity contribution in [3.8, 4) is 11.8 Å². The van der Waals surface area contributed by atoms with E-state index in [-0.39, 0.29) is 11.6 Å². The molecule has 1 atom stereocenters. The topological polar surface area (TPSA) is 88.4 Å². The Morgan fingerprint density at radius 1 is 1.29 bits per heavy atom. The second-order valence-corrected chi connectivity index (χ2v) is 5.12. The van der Waals surface area contributed by atoms with Crippen LogP contribution >= 0.6 is 0 Å². The van der Waals surface area contributed by atoms with Crippen LogP contribution in [0.25, 0.3) is 6.08 Å². The number of carbonyl (C=O) groups excluding carboxylic acids is 2. The minimum absolute atomic E-state index is 0.00559. The molecule has 1 amide bonds. The van der Waals surface area contributed by atoms with Crippen LogP contribution in [0.5, 0.6) is 5.75 Å². The fraction of sp³-hybridized carbons (Fsp3) is 0.389. The van der Waals surface area contributed by atoms with E-state index in [4.69, 9.17) is 14.7 Å². The molecule has 128 valence electrons. The highest BCUT2D eigenvalue weighted by atomic mass is 16.5. The zero-order valence-electron chi connectivity index (χ0n) is 14.2. The highest BCUT2D eigenvalue weighted by Gasteiger charge is 2.14. The van der Waals surface area contributed by atoms with Crippen molar-refractivity contribution in [3.63, 3.8) is 0 Å². The highest BCUT2D eigenvalue weighted by Crippen LogP contribution is 2.15. The van der Waals surface area contributed by atoms with E-state index in [1.807, 2.05) is 20.8 Å². The molecule has 0 aliphatic rings. The van der Waals surface area contributed by atoms with Crippen molar-refractivity contribution in [2.75, 3.05) is 13.2 Å². The summed E-state index contributed by atoms with van der Waals surface area (Å²) in [6.45, 7) is 5.82. The zero-order chi connectivity index (χ0) is 17.9. The molecule has 0 aliphatic carbocycles. The Labute approximate surface area is 142 Å². The van der Waals surface area contributed by atoms with Crippen molar-refractivity contribution in [2.45, 2.75) is 33.2 Å². The predicted octanol–water partition coefficient (Wildman–Crippen LogP) is 2.45. The summed E-state index contributed by atoms with van der Waals surface area (Å²) in [5.74, 6) is -0.515. The summed E-state index contributed by atoms with van der Waals surface area (Å²) in [6, 6.07) is 8.74. The van der Waals surface area contributed by atoms with Crippen LogP contribution in [-0.2, 0) is 14.3 Å². The van der Waals surface area contributed by atoms with Gasteiger partial charge in [0.2, 0.25) is 0 Å². The number of ether oxygens (including phenoxy) is 2. The van der Waals surface area contributed by atoms with Gasteiger partial charge < -0.3 is 14.8 Å². The Morgan fingerprint density at radius 2 is 1.96 bits per heavy atom. The summed E-state index contributed by atoms with van der Waals surface area (Å²) in [5, 5.41) is 11.8. The fourth-order valence-corrected chi connectivity index (χ4v) is 1.76. The molecule has 24 heavy (non-hydrogen) atoms. The first kappa shape index (κ1) is 19.2. The maximum atomic E-state index is 11.9. The largest absolute Gasteiger partial charge is 0.494 e. The minimum atomic E-state index is -0.828. The van der Waals surface area contributed by atoms with Gasteiger partial charge in [0, 0.05) is 6.04 Å². The maximum Gasteiger partial charge on any atom is 0.349 e. The van der Waals surface area contributed by atoms with Crippen molar-refractivity contribution in [2.24, 2.45) is 0 Å². The third-order valence-corrected chi connectivity index (χ3v) is 3.20. The van der Waals surface area contributed by atoms with Crippen molar-refractivity contribution < 1.29 is 19.1 Å². The van der Waals surface area contributed by atoms with E-state index >= 15 is 0 Å². The molecule has 0 aromatic heterocycles. The molecule has 0 bridgehead atoms. The van der Waals surface area contributed by atoms with E-state index in [1.165, 1.54) is 6.08 Å². The molecule has 6 nitrogen and oxygen atoms in total. The monoisotopic (exact) mass is 330 g/mol. The van der Waals surface area contributed by atoms with Gasteiger partial charge in [0.05, 0.1) is 6.61 Å². The normalized spacial score (nSPS) is 12.0. The van der Waals surface area contributed by atoms with Crippen LogP contribution in [0, 0.1) is 11.3 Å². The third-order valence-electron chi connectivity index (χ3n) is 3.20. The highest BCUT2D eigenvalue weighted by molar-refractivity contribution is 5.98. The number of nitrogens with zero attached hydrogens (tertiary/aromatic N) is 1.